The van der Waals surface area contributed by atoms with Crippen LogP contribution in [0.1, 0.15) is 6.92 Å². The van der Waals surface area contributed by atoms with Gasteiger partial charge in [-0.05, 0) is 0 Å². The molecule has 0 spiro atoms. The summed E-state index contributed by atoms with van der Waals surface area (Å²) in [6, 6.07) is 0.213. The Morgan fingerprint density at radius 1 is 0.864 bits per heavy atom. The number of nitro groups is 4. The molecule has 1 aromatic carbocycles. The molecule has 0 aliphatic heterocycles. The molecule has 116 valence electrons. The third-order valence-corrected chi connectivity index (χ3v) is 2.19. The topological polar surface area (TPSA) is 199 Å². The predicted molar refractivity (Wildman–Crippen MR) is 64.4 cm³/mol. The Hall–Kier alpha value is -3.71. The second-order valence-corrected chi connectivity index (χ2v) is 3.56. The molecule has 0 saturated heterocycles. The molecule has 0 N–H and O–H groups in total. The zero-order valence-electron chi connectivity index (χ0n) is 10.4. The van der Waals surface area contributed by atoms with Crippen LogP contribution in [0.4, 0.5) is 22.7 Å². The Kier molecular flexibility index (Phi) is 4.26. The summed E-state index contributed by atoms with van der Waals surface area (Å²) in [5.41, 5.74) is -6.38. The average molecular weight is 316 g/mol. The van der Waals surface area contributed by atoms with E-state index in [0.717, 1.165) is 6.92 Å². The number of carbonyl (C=O) groups excluding carboxylic acids is 1. The zero-order valence-corrected chi connectivity index (χ0v) is 10.4. The monoisotopic (exact) mass is 316 g/mol. The van der Waals surface area contributed by atoms with E-state index in [4.69, 9.17) is 0 Å². The molecule has 0 bridgehead atoms. The van der Waals surface area contributed by atoms with E-state index in [2.05, 4.69) is 4.74 Å². The van der Waals surface area contributed by atoms with Gasteiger partial charge in [-0.2, -0.15) is 0 Å². The second kappa shape index (κ2) is 5.73. The molecule has 0 fully saturated rings. The lowest BCUT2D eigenvalue weighted by Crippen LogP contribution is -2.09. The van der Waals surface area contributed by atoms with Crippen LogP contribution in [0.2, 0.25) is 0 Å². The van der Waals surface area contributed by atoms with Crippen molar-refractivity contribution in [3.8, 4) is 5.75 Å². The first-order valence-electron chi connectivity index (χ1n) is 5.04. The van der Waals surface area contributed by atoms with Gasteiger partial charge in [-0.3, -0.25) is 45.3 Å². The van der Waals surface area contributed by atoms with E-state index in [0.29, 0.717) is 0 Å². The summed E-state index contributed by atoms with van der Waals surface area (Å²) in [5, 5.41) is 43.4. The fourth-order valence-electron chi connectivity index (χ4n) is 1.51. The van der Waals surface area contributed by atoms with Crippen molar-refractivity contribution in [1.29, 1.82) is 0 Å². The Bertz CT molecular complexity index is 726. The average Bonchev–Trinajstić information content (AvgIpc) is 2.35. The number of hydrogen-bond donors (Lipinski definition) is 0. The first-order valence-corrected chi connectivity index (χ1v) is 5.04. The lowest BCUT2D eigenvalue weighted by Gasteiger charge is -2.04. The summed E-state index contributed by atoms with van der Waals surface area (Å²) in [4.78, 5) is 48.5. The predicted octanol–water partition coefficient (Wildman–Crippen LogP) is 1.24. The normalized spacial score (nSPS) is 9.86. The number of nitro benzene ring substituents is 4. The second-order valence-electron chi connectivity index (χ2n) is 3.56. The smallest absolute Gasteiger partial charge is 0.419 e. The van der Waals surface area contributed by atoms with Crippen LogP contribution < -0.4 is 4.74 Å². The van der Waals surface area contributed by atoms with Crippen LogP contribution in [0.5, 0.6) is 5.75 Å². The number of ether oxygens (including phenoxy) is 1. The maximum Gasteiger partial charge on any atom is 0.433 e. The lowest BCUT2D eigenvalue weighted by atomic mass is 10.2. The van der Waals surface area contributed by atoms with Crippen LogP contribution in [-0.2, 0) is 4.79 Å². The van der Waals surface area contributed by atoms with Gasteiger partial charge in [0.2, 0.25) is 5.75 Å². The minimum Gasteiger partial charge on any atom is -0.419 e. The quantitative estimate of drug-likeness (QED) is 0.329. The largest absolute Gasteiger partial charge is 0.433 e. The van der Waals surface area contributed by atoms with E-state index in [-0.39, 0.29) is 6.07 Å². The van der Waals surface area contributed by atoms with Gasteiger partial charge in [0.25, 0.3) is 0 Å². The fourth-order valence-corrected chi connectivity index (χ4v) is 1.51. The molecule has 0 saturated carbocycles. The Morgan fingerprint density at radius 2 is 1.32 bits per heavy atom. The summed E-state index contributed by atoms with van der Waals surface area (Å²) in [6.07, 6.45) is 0. The van der Waals surface area contributed by atoms with Crippen molar-refractivity contribution < 1.29 is 29.2 Å². The Balaban J connectivity index is 4.02. The van der Waals surface area contributed by atoms with Crippen LogP contribution in [0.25, 0.3) is 0 Å². The molecule has 14 nitrogen and oxygen atoms in total. The minimum atomic E-state index is -1.75. The van der Waals surface area contributed by atoms with Crippen molar-refractivity contribution in [2.75, 3.05) is 0 Å². The van der Waals surface area contributed by atoms with Gasteiger partial charge in [0.15, 0.2) is 0 Å². The van der Waals surface area contributed by atoms with Crippen LogP contribution in [-0.4, -0.2) is 25.7 Å². The molecule has 22 heavy (non-hydrogen) atoms. The van der Waals surface area contributed by atoms with E-state index in [1.807, 2.05) is 0 Å². The van der Waals surface area contributed by atoms with Gasteiger partial charge in [0.05, 0.1) is 25.8 Å². The van der Waals surface area contributed by atoms with E-state index in [1.165, 1.54) is 0 Å². The Labute approximate surface area is 118 Å². The molecule has 0 unspecified atom stereocenters. The lowest BCUT2D eigenvalue weighted by molar-refractivity contribution is -0.452. The summed E-state index contributed by atoms with van der Waals surface area (Å²) >= 11 is 0. The number of benzene rings is 1. The molecule has 0 aromatic heterocycles. The number of hydrogen-bond acceptors (Lipinski definition) is 10. The SMILES string of the molecule is CC(=O)Oc1cc([N+](=O)[O-])c([N+](=O)[O-])c([N+](=O)[O-])c1[N+](=O)[O-]. The summed E-state index contributed by atoms with van der Waals surface area (Å²) in [5.74, 6) is -2.30. The van der Waals surface area contributed by atoms with Crippen molar-refractivity contribution in [2.45, 2.75) is 6.92 Å². The zero-order chi connectivity index (χ0) is 17.2. The molecular weight excluding hydrogens is 312 g/mol. The van der Waals surface area contributed by atoms with Gasteiger partial charge < -0.3 is 4.74 Å². The molecule has 0 atom stereocenters. The summed E-state index contributed by atoms with van der Waals surface area (Å²) < 4.78 is 4.31. The van der Waals surface area contributed by atoms with Gasteiger partial charge in [-0.1, -0.05) is 0 Å². The molecule has 0 radical (unpaired) electrons. The van der Waals surface area contributed by atoms with Gasteiger partial charge in [-0.15, -0.1) is 0 Å². The minimum absolute atomic E-state index is 0.213. The molecule has 0 amide bonds. The van der Waals surface area contributed by atoms with E-state index in [1.54, 1.807) is 0 Å². The Morgan fingerprint density at radius 3 is 1.64 bits per heavy atom. The molecule has 0 aliphatic carbocycles. The summed E-state index contributed by atoms with van der Waals surface area (Å²) in [7, 11) is 0. The number of rotatable bonds is 5. The van der Waals surface area contributed by atoms with Gasteiger partial charge in [0.1, 0.15) is 0 Å². The van der Waals surface area contributed by atoms with Crippen molar-refractivity contribution in [2.24, 2.45) is 0 Å². The van der Waals surface area contributed by atoms with Crippen LogP contribution >= 0.6 is 0 Å². The van der Waals surface area contributed by atoms with Crippen molar-refractivity contribution >= 4 is 28.7 Å². The number of nitrogens with zero attached hydrogens (tertiary/aromatic N) is 4. The maximum atomic E-state index is 10.9. The summed E-state index contributed by atoms with van der Waals surface area (Å²) in [6.45, 7) is 0.781. The third kappa shape index (κ3) is 2.89. The standard InChI is InChI=1S/C8H4N4O10/c1-3(13)22-5-2-4(9(14)15)6(10(16)17)8(12(20)21)7(5)11(18)19/h2H,1H3. The fraction of sp³-hybridized carbons (Fsp3) is 0.125. The molecule has 0 heterocycles. The highest BCUT2D eigenvalue weighted by molar-refractivity contribution is 5.82. The van der Waals surface area contributed by atoms with Crippen LogP contribution in [0, 0.1) is 40.5 Å². The third-order valence-electron chi connectivity index (χ3n) is 2.19. The highest BCUT2D eigenvalue weighted by Crippen LogP contribution is 2.48. The molecule has 0 aliphatic rings. The highest BCUT2D eigenvalue weighted by atomic mass is 16.7. The van der Waals surface area contributed by atoms with Crippen molar-refractivity contribution in [3.63, 3.8) is 0 Å². The first kappa shape index (κ1) is 16.3. The molecule has 14 heteroatoms. The van der Waals surface area contributed by atoms with Gasteiger partial charge in [-0.25, -0.2) is 0 Å². The molecular formula is C8H4N4O10. The van der Waals surface area contributed by atoms with E-state index >= 15 is 0 Å². The molecule has 1 rings (SSSR count). The first-order chi connectivity index (χ1) is 10.1. The van der Waals surface area contributed by atoms with Crippen molar-refractivity contribution in [1.82, 2.24) is 0 Å². The number of esters is 1. The van der Waals surface area contributed by atoms with E-state index < -0.39 is 54.2 Å². The maximum absolute atomic E-state index is 10.9. The highest BCUT2D eigenvalue weighted by Gasteiger charge is 2.47. The van der Waals surface area contributed by atoms with E-state index in [9.17, 15) is 45.3 Å². The van der Waals surface area contributed by atoms with Crippen LogP contribution in [0.3, 0.4) is 0 Å². The van der Waals surface area contributed by atoms with Gasteiger partial charge in [0, 0.05) is 6.92 Å². The molecule has 1 aromatic rings. The number of carbonyl (C=O) groups is 1. The van der Waals surface area contributed by atoms with Crippen molar-refractivity contribution in [3.05, 3.63) is 46.5 Å². The van der Waals surface area contributed by atoms with Crippen LogP contribution in [0.15, 0.2) is 6.07 Å². The van der Waals surface area contributed by atoms with Gasteiger partial charge >= 0.3 is 28.7 Å².